The van der Waals surface area contributed by atoms with Gasteiger partial charge in [0.15, 0.2) is 6.23 Å². The molecule has 0 aromatic carbocycles. The van der Waals surface area contributed by atoms with Gasteiger partial charge in [-0.2, -0.15) is 5.10 Å². The van der Waals surface area contributed by atoms with E-state index < -0.39 is 18.4 Å². The summed E-state index contributed by atoms with van der Waals surface area (Å²) in [7, 11) is 0. The van der Waals surface area contributed by atoms with Gasteiger partial charge in [0.05, 0.1) is 29.8 Å². The van der Waals surface area contributed by atoms with Crippen molar-refractivity contribution in [2.75, 3.05) is 12.3 Å². The fourth-order valence-corrected chi connectivity index (χ4v) is 2.33. The Kier molecular flexibility index (Phi) is 2.77. The number of fused-ring (bicyclic) bond motifs is 1. The molecule has 3 heterocycles. The van der Waals surface area contributed by atoms with Crippen LogP contribution in [0, 0.1) is 0 Å². The lowest BCUT2D eigenvalue weighted by Gasteiger charge is -2.13. The lowest BCUT2D eigenvalue weighted by molar-refractivity contribution is -0.0468. The Labute approximate surface area is 107 Å². The van der Waals surface area contributed by atoms with E-state index in [1.807, 2.05) is 0 Å². The Morgan fingerprint density at radius 1 is 1.63 bits per heavy atom. The first kappa shape index (κ1) is 12.2. The van der Waals surface area contributed by atoms with Crippen molar-refractivity contribution in [1.29, 1.82) is 0 Å². The van der Waals surface area contributed by atoms with Crippen LogP contribution in [0.25, 0.3) is 10.9 Å². The lowest BCUT2D eigenvalue weighted by atomic mass is 10.2. The summed E-state index contributed by atoms with van der Waals surface area (Å²) < 4.78 is 7.00. The maximum atomic E-state index is 11.7. The molecule has 0 saturated carbocycles. The molecule has 0 bridgehead atoms. The first-order chi connectivity index (χ1) is 9.10. The number of H-pyrrole nitrogens is 1. The van der Waals surface area contributed by atoms with Crippen molar-refractivity contribution in [2.45, 2.75) is 24.9 Å². The molecule has 19 heavy (non-hydrogen) atoms. The second-order valence-corrected chi connectivity index (χ2v) is 4.56. The number of aliphatic hydroxyl groups is 2. The highest BCUT2D eigenvalue weighted by Gasteiger charge is 2.35. The number of nitrogens with one attached hydrogen (secondary N) is 1. The largest absolute Gasteiger partial charge is 0.394 e. The number of pyridine rings is 1. The zero-order valence-electron chi connectivity index (χ0n) is 9.98. The molecule has 1 fully saturated rings. The molecule has 1 saturated heterocycles. The van der Waals surface area contributed by atoms with Crippen LogP contribution >= 0.6 is 0 Å². The summed E-state index contributed by atoms with van der Waals surface area (Å²) >= 11 is 0. The summed E-state index contributed by atoms with van der Waals surface area (Å²) in [6.07, 6.45) is -0.187. The van der Waals surface area contributed by atoms with E-state index in [4.69, 9.17) is 15.6 Å². The number of nitrogens with zero attached hydrogens (tertiary/aromatic N) is 2. The topological polar surface area (TPSA) is 126 Å². The SMILES string of the molecule is Nc1cc2c(cnn2[C@H]2C[C@H](O)[C@@H](CO)O2)c(=O)[nH]1. The number of anilines is 1. The fourth-order valence-electron chi connectivity index (χ4n) is 2.33. The number of nitrogens with two attached hydrogens (primary N) is 1. The summed E-state index contributed by atoms with van der Waals surface area (Å²) in [6.45, 7) is -0.264. The third-order valence-corrected chi connectivity index (χ3v) is 3.29. The Morgan fingerprint density at radius 2 is 2.42 bits per heavy atom. The Balaban J connectivity index is 2.05. The molecule has 1 aliphatic heterocycles. The van der Waals surface area contributed by atoms with Crippen molar-refractivity contribution in [2.24, 2.45) is 0 Å². The highest BCUT2D eigenvalue weighted by atomic mass is 16.5. The van der Waals surface area contributed by atoms with E-state index >= 15 is 0 Å². The molecule has 1 aliphatic rings. The van der Waals surface area contributed by atoms with Gasteiger partial charge in [0.1, 0.15) is 11.9 Å². The van der Waals surface area contributed by atoms with Crippen molar-refractivity contribution in [3.8, 4) is 0 Å². The van der Waals surface area contributed by atoms with Gasteiger partial charge in [-0.25, -0.2) is 4.68 Å². The van der Waals surface area contributed by atoms with Crippen LogP contribution in [0.15, 0.2) is 17.1 Å². The monoisotopic (exact) mass is 266 g/mol. The smallest absolute Gasteiger partial charge is 0.260 e. The minimum atomic E-state index is -0.756. The summed E-state index contributed by atoms with van der Waals surface area (Å²) in [5, 5.41) is 23.3. The van der Waals surface area contributed by atoms with Crippen LogP contribution in [0.5, 0.6) is 0 Å². The van der Waals surface area contributed by atoms with E-state index in [0.717, 1.165) is 0 Å². The normalized spacial score (nSPS) is 27.2. The minimum absolute atomic E-state index is 0.233. The van der Waals surface area contributed by atoms with Crippen LogP contribution in [0.1, 0.15) is 12.6 Å². The molecule has 0 amide bonds. The number of hydrogen-bond donors (Lipinski definition) is 4. The van der Waals surface area contributed by atoms with Gasteiger partial charge < -0.3 is 25.7 Å². The van der Waals surface area contributed by atoms with Gasteiger partial charge in [-0.05, 0) is 0 Å². The molecule has 3 atom stereocenters. The maximum absolute atomic E-state index is 11.7. The molecule has 2 aromatic heterocycles. The molecule has 102 valence electrons. The second kappa shape index (κ2) is 4.34. The number of hydrogen-bond acceptors (Lipinski definition) is 6. The van der Waals surface area contributed by atoms with Gasteiger partial charge in [0.2, 0.25) is 0 Å². The number of nitrogen functional groups attached to an aromatic ring is 1. The molecule has 0 spiro atoms. The molecule has 0 aliphatic carbocycles. The molecular formula is C11H14N4O4. The molecular weight excluding hydrogens is 252 g/mol. The van der Waals surface area contributed by atoms with Gasteiger partial charge in [-0.15, -0.1) is 0 Å². The van der Waals surface area contributed by atoms with Crippen LogP contribution in [0.2, 0.25) is 0 Å². The maximum Gasteiger partial charge on any atom is 0.260 e. The number of aromatic nitrogens is 3. The summed E-state index contributed by atoms with van der Waals surface area (Å²) in [5.74, 6) is 0.233. The highest BCUT2D eigenvalue weighted by Crippen LogP contribution is 2.30. The average molecular weight is 266 g/mol. The van der Waals surface area contributed by atoms with Crippen molar-refractivity contribution in [1.82, 2.24) is 14.8 Å². The van der Waals surface area contributed by atoms with Crippen LogP contribution < -0.4 is 11.3 Å². The van der Waals surface area contributed by atoms with Crippen LogP contribution in [-0.2, 0) is 4.74 Å². The van der Waals surface area contributed by atoms with Crippen LogP contribution in [-0.4, -0.2) is 43.8 Å². The zero-order valence-corrected chi connectivity index (χ0v) is 9.98. The summed E-state index contributed by atoms with van der Waals surface area (Å²) in [6, 6.07) is 1.59. The number of aromatic amines is 1. The van der Waals surface area contributed by atoms with Crippen molar-refractivity contribution in [3.63, 3.8) is 0 Å². The summed E-state index contributed by atoms with van der Waals surface area (Å²) in [4.78, 5) is 14.2. The molecule has 0 unspecified atom stereocenters. The third kappa shape index (κ3) is 1.89. The fraction of sp³-hybridized carbons (Fsp3) is 0.455. The van der Waals surface area contributed by atoms with E-state index in [1.54, 1.807) is 6.07 Å². The van der Waals surface area contributed by atoms with E-state index in [2.05, 4.69) is 10.1 Å². The van der Waals surface area contributed by atoms with E-state index in [-0.39, 0.29) is 18.0 Å². The molecule has 0 radical (unpaired) electrons. The highest BCUT2D eigenvalue weighted by molar-refractivity contribution is 5.79. The predicted octanol–water partition coefficient (Wildman–Crippen LogP) is -1.05. The van der Waals surface area contributed by atoms with E-state index in [9.17, 15) is 9.90 Å². The molecule has 5 N–H and O–H groups in total. The second-order valence-electron chi connectivity index (χ2n) is 4.56. The number of aliphatic hydroxyl groups excluding tert-OH is 2. The van der Waals surface area contributed by atoms with Crippen LogP contribution in [0.4, 0.5) is 5.82 Å². The van der Waals surface area contributed by atoms with Gasteiger partial charge in [0.25, 0.3) is 5.56 Å². The predicted molar refractivity (Wildman–Crippen MR) is 66.4 cm³/mol. The molecule has 3 rings (SSSR count). The van der Waals surface area contributed by atoms with E-state index in [0.29, 0.717) is 17.3 Å². The molecule has 8 heteroatoms. The standard InChI is InChI=1S/C11H14N4O4/c12-9-1-6-5(11(18)14-9)3-13-15(6)10-2-7(17)8(4-16)19-10/h1,3,7-8,10,16-17H,2,4H2,(H3,12,14,18)/t7-,8+,10+/m0/s1. The number of rotatable bonds is 2. The van der Waals surface area contributed by atoms with Crippen molar-refractivity contribution in [3.05, 3.63) is 22.6 Å². The third-order valence-electron chi connectivity index (χ3n) is 3.29. The molecule has 8 nitrogen and oxygen atoms in total. The first-order valence-corrected chi connectivity index (χ1v) is 5.90. The first-order valence-electron chi connectivity index (χ1n) is 5.90. The Hall–Kier alpha value is -1.90. The Bertz CT molecular complexity index is 664. The van der Waals surface area contributed by atoms with Gasteiger partial charge in [-0.3, -0.25) is 4.79 Å². The lowest BCUT2D eigenvalue weighted by Crippen LogP contribution is -2.24. The van der Waals surface area contributed by atoms with Gasteiger partial charge in [-0.1, -0.05) is 0 Å². The van der Waals surface area contributed by atoms with Gasteiger partial charge >= 0.3 is 0 Å². The van der Waals surface area contributed by atoms with Gasteiger partial charge in [0, 0.05) is 12.5 Å². The van der Waals surface area contributed by atoms with Crippen molar-refractivity contribution < 1.29 is 14.9 Å². The quantitative estimate of drug-likeness (QED) is 0.549. The number of ether oxygens (including phenoxy) is 1. The van der Waals surface area contributed by atoms with E-state index in [1.165, 1.54) is 10.9 Å². The molecule has 2 aromatic rings. The summed E-state index contributed by atoms with van der Waals surface area (Å²) in [5.41, 5.74) is 5.82. The minimum Gasteiger partial charge on any atom is -0.394 e. The van der Waals surface area contributed by atoms with Crippen molar-refractivity contribution >= 4 is 16.7 Å². The van der Waals surface area contributed by atoms with Crippen LogP contribution in [0.3, 0.4) is 0 Å². The zero-order chi connectivity index (χ0) is 13.6. The average Bonchev–Trinajstić information content (AvgIpc) is 2.92. The Morgan fingerprint density at radius 3 is 3.11 bits per heavy atom.